The summed E-state index contributed by atoms with van der Waals surface area (Å²) < 4.78 is 1.13. The molecule has 1 aliphatic rings. The normalized spacial score (nSPS) is 14.8. The molecule has 2 heterocycles. The van der Waals surface area contributed by atoms with Gasteiger partial charge in [-0.25, -0.2) is 0 Å². The minimum atomic E-state index is -0.344. The average Bonchev–Trinajstić information content (AvgIpc) is 3.13. The van der Waals surface area contributed by atoms with Gasteiger partial charge in [-0.15, -0.1) is 23.7 Å². The number of primary amides is 1. The van der Waals surface area contributed by atoms with Gasteiger partial charge in [-0.05, 0) is 37.1 Å². The van der Waals surface area contributed by atoms with Crippen LogP contribution < -0.4 is 10.6 Å². The molecule has 0 unspecified atom stereocenters. The zero-order chi connectivity index (χ0) is 18.8. The molecule has 6 heteroatoms. The van der Waals surface area contributed by atoms with Gasteiger partial charge in [-0.2, -0.15) is 0 Å². The molecule has 0 spiro atoms. The number of halogens is 1. The minimum Gasteiger partial charge on any atom is -0.368 e. The Balaban J connectivity index is 0.00000225. The lowest BCUT2D eigenvalue weighted by Gasteiger charge is -2.36. The lowest BCUT2D eigenvalue weighted by Crippen LogP contribution is -2.47. The van der Waals surface area contributed by atoms with E-state index in [0.29, 0.717) is 4.88 Å². The van der Waals surface area contributed by atoms with E-state index < -0.39 is 0 Å². The van der Waals surface area contributed by atoms with Crippen LogP contribution in [0.5, 0.6) is 0 Å². The van der Waals surface area contributed by atoms with Crippen LogP contribution in [0.2, 0.25) is 0 Å². The van der Waals surface area contributed by atoms with Gasteiger partial charge in [-0.1, -0.05) is 35.9 Å². The molecule has 1 aliphatic heterocycles. The van der Waals surface area contributed by atoms with Crippen LogP contribution >= 0.6 is 23.7 Å². The zero-order valence-electron chi connectivity index (χ0n) is 16.1. The maximum Gasteiger partial charge on any atom is 0.258 e. The molecule has 148 valence electrons. The molecule has 4 rings (SSSR count). The first-order chi connectivity index (χ1) is 13.1. The molecule has 0 bridgehead atoms. The summed E-state index contributed by atoms with van der Waals surface area (Å²) in [5.74, 6) is -0.344. The van der Waals surface area contributed by atoms with Gasteiger partial charge in [0, 0.05) is 48.5 Å². The fraction of sp³-hybridized carbons (Fsp3) is 0.318. The van der Waals surface area contributed by atoms with Crippen LogP contribution in [0, 0.1) is 6.92 Å². The Morgan fingerprint density at radius 2 is 1.79 bits per heavy atom. The van der Waals surface area contributed by atoms with Gasteiger partial charge in [0.2, 0.25) is 0 Å². The first kappa shape index (κ1) is 20.6. The van der Waals surface area contributed by atoms with Crippen LogP contribution in [-0.4, -0.2) is 43.5 Å². The topological polar surface area (TPSA) is 49.6 Å². The second-order valence-corrected chi connectivity index (χ2v) is 8.31. The van der Waals surface area contributed by atoms with Crippen molar-refractivity contribution in [2.45, 2.75) is 13.3 Å². The van der Waals surface area contributed by atoms with Crippen LogP contribution in [0.15, 0.2) is 48.5 Å². The van der Waals surface area contributed by atoms with E-state index in [-0.39, 0.29) is 18.3 Å². The summed E-state index contributed by atoms with van der Waals surface area (Å²) in [7, 11) is 0. The van der Waals surface area contributed by atoms with E-state index >= 15 is 0 Å². The van der Waals surface area contributed by atoms with Crippen molar-refractivity contribution in [3.05, 3.63) is 64.5 Å². The van der Waals surface area contributed by atoms with Crippen molar-refractivity contribution in [2.24, 2.45) is 5.73 Å². The zero-order valence-corrected chi connectivity index (χ0v) is 17.7. The average molecular weight is 416 g/mol. The van der Waals surface area contributed by atoms with Crippen LogP contribution in [0.1, 0.15) is 20.8 Å². The van der Waals surface area contributed by atoms with Gasteiger partial charge in [-0.3, -0.25) is 9.69 Å². The molecule has 4 nitrogen and oxygen atoms in total. The largest absolute Gasteiger partial charge is 0.368 e. The number of anilines is 1. The molecule has 28 heavy (non-hydrogen) atoms. The first-order valence-corrected chi connectivity index (χ1v) is 10.3. The monoisotopic (exact) mass is 415 g/mol. The molecule has 1 amide bonds. The summed E-state index contributed by atoms with van der Waals surface area (Å²) in [4.78, 5) is 17.1. The third-order valence-corrected chi connectivity index (χ3v) is 6.45. The van der Waals surface area contributed by atoms with Gasteiger partial charge in [0.25, 0.3) is 5.91 Å². The molecule has 2 aromatic carbocycles. The van der Waals surface area contributed by atoms with Crippen molar-refractivity contribution in [3.63, 3.8) is 0 Å². The Hall–Kier alpha value is -2.08. The van der Waals surface area contributed by atoms with Crippen molar-refractivity contribution in [1.82, 2.24) is 4.90 Å². The van der Waals surface area contributed by atoms with Crippen molar-refractivity contribution in [1.29, 1.82) is 0 Å². The smallest absolute Gasteiger partial charge is 0.258 e. The standard InChI is InChI=1S/C22H25N3OS.ClH/c1-16-5-7-17(8-6-16)9-10-24-11-13-25(14-12-24)19-3-2-4-20-18(19)15-21(27-20)22(23)26;/h2-8,15H,9-14H2,1H3,(H2,23,26);1H. The number of nitrogens with zero attached hydrogens (tertiary/aromatic N) is 2. The highest BCUT2D eigenvalue weighted by atomic mass is 35.5. The number of hydrogen-bond donors (Lipinski definition) is 1. The minimum absolute atomic E-state index is 0. The van der Waals surface area contributed by atoms with Gasteiger partial charge < -0.3 is 10.6 Å². The molecule has 0 saturated carbocycles. The van der Waals surface area contributed by atoms with Crippen LogP contribution in [0.25, 0.3) is 10.1 Å². The van der Waals surface area contributed by atoms with Crippen molar-refractivity contribution in [2.75, 3.05) is 37.6 Å². The molecule has 1 fully saturated rings. The predicted molar refractivity (Wildman–Crippen MR) is 121 cm³/mol. The van der Waals surface area contributed by atoms with Gasteiger partial charge in [0.15, 0.2) is 0 Å². The number of thiophene rings is 1. The molecule has 0 radical (unpaired) electrons. The summed E-state index contributed by atoms with van der Waals surface area (Å²) in [6, 6.07) is 17.1. The van der Waals surface area contributed by atoms with Crippen LogP contribution in [-0.2, 0) is 6.42 Å². The van der Waals surface area contributed by atoms with Crippen LogP contribution in [0.4, 0.5) is 5.69 Å². The number of piperazine rings is 1. The number of fused-ring (bicyclic) bond motifs is 1. The van der Waals surface area contributed by atoms with E-state index in [1.54, 1.807) is 0 Å². The third-order valence-electron chi connectivity index (χ3n) is 5.33. The lowest BCUT2D eigenvalue weighted by molar-refractivity contribution is 0.100. The van der Waals surface area contributed by atoms with Gasteiger partial charge in [0.05, 0.1) is 4.88 Å². The van der Waals surface area contributed by atoms with Gasteiger partial charge >= 0.3 is 0 Å². The maximum atomic E-state index is 11.5. The highest BCUT2D eigenvalue weighted by molar-refractivity contribution is 7.20. The molecule has 2 N–H and O–H groups in total. The molecule has 0 aliphatic carbocycles. The van der Waals surface area contributed by atoms with E-state index in [4.69, 9.17) is 5.73 Å². The summed E-state index contributed by atoms with van der Waals surface area (Å²) in [6.45, 7) is 7.38. The fourth-order valence-electron chi connectivity index (χ4n) is 3.70. The summed E-state index contributed by atoms with van der Waals surface area (Å²) in [5.41, 5.74) is 9.40. The number of benzene rings is 2. The summed E-state index contributed by atoms with van der Waals surface area (Å²) in [6.07, 6.45) is 1.10. The quantitative estimate of drug-likeness (QED) is 0.682. The number of amides is 1. The fourth-order valence-corrected chi connectivity index (χ4v) is 4.63. The first-order valence-electron chi connectivity index (χ1n) is 9.45. The van der Waals surface area contributed by atoms with E-state index in [1.165, 1.54) is 28.2 Å². The number of carbonyl (C=O) groups excluding carboxylic acids is 1. The van der Waals surface area contributed by atoms with E-state index in [2.05, 4.69) is 59.2 Å². The van der Waals surface area contributed by atoms with Crippen molar-refractivity contribution < 1.29 is 4.79 Å². The molecule has 0 atom stereocenters. The Labute approximate surface area is 176 Å². The number of rotatable bonds is 5. The predicted octanol–water partition coefficient (Wildman–Crippen LogP) is 4.10. The van der Waals surface area contributed by atoms with E-state index in [9.17, 15) is 4.79 Å². The number of aryl methyl sites for hydroxylation is 1. The Morgan fingerprint density at radius 3 is 2.46 bits per heavy atom. The number of nitrogens with two attached hydrogens (primary N) is 1. The van der Waals surface area contributed by atoms with Crippen molar-refractivity contribution >= 4 is 45.4 Å². The summed E-state index contributed by atoms with van der Waals surface area (Å²) in [5, 5.41) is 1.14. The SMILES string of the molecule is Cc1ccc(CCN2CCN(c3cccc4sc(C(N)=O)cc34)CC2)cc1.Cl. The maximum absolute atomic E-state index is 11.5. The molecular formula is C22H26ClN3OS. The Kier molecular flexibility index (Phi) is 6.60. The Morgan fingerprint density at radius 1 is 1.07 bits per heavy atom. The van der Waals surface area contributed by atoms with E-state index in [0.717, 1.165) is 49.2 Å². The number of carbonyl (C=O) groups is 1. The molecule has 3 aromatic rings. The second-order valence-electron chi connectivity index (χ2n) is 7.23. The highest BCUT2D eigenvalue weighted by Crippen LogP contribution is 2.33. The van der Waals surface area contributed by atoms with Crippen LogP contribution in [0.3, 0.4) is 0 Å². The molecule has 1 saturated heterocycles. The van der Waals surface area contributed by atoms with Gasteiger partial charge in [0.1, 0.15) is 0 Å². The molecule has 1 aromatic heterocycles. The van der Waals surface area contributed by atoms with E-state index in [1.807, 2.05) is 6.07 Å². The Bertz CT molecular complexity index is 946. The second kappa shape index (κ2) is 8.95. The van der Waals surface area contributed by atoms with Crippen molar-refractivity contribution in [3.8, 4) is 0 Å². The summed E-state index contributed by atoms with van der Waals surface area (Å²) >= 11 is 1.48. The molecular weight excluding hydrogens is 390 g/mol. The highest BCUT2D eigenvalue weighted by Gasteiger charge is 2.19. The third kappa shape index (κ3) is 4.49. The number of hydrogen-bond acceptors (Lipinski definition) is 4. The lowest BCUT2D eigenvalue weighted by atomic mass is 10.1.